The zero-order chi connectivity index (χ0) is 16.4. The molecule has 2 aromatic carbocycles. The number of amides is 1. The number of hydrazone groups is 1. The number of carbonyl (C=O) groups is 1. The van der Waals surface area contributed by atoms with Gasteiger partial charge in [-0.3, -0.25) is 4.79 Å². The molecule has 1 aliphatic rings. The van der Waals surface area contributed by atoms with Crippen LogP contribution in [0.2, 0.25) is 0 Å². The lowest BCUT2D eigenvalue weighted by atomic mass is 10.1. The first-order valence-electron chi connectivity index (χ1n) is 7.09. The lowest BCUT2D eigenvalue weighted by Gasteiger charge is -2.06. The second-order valence-electron chi connectivity index (χ2n) is 5.23. The lowest BCUT2D eigenvalue weighted by molar-refractivity contribution is 0.0954. The monoisotopic (exact) mass is 312 g/mol. The van der Waals surface area contributed by atoms with E-state index in [0.717, 1.165) is 5.56 Å². The largest absolute Gasteiger partial charge is 0.507 e. The van der Waals surface area contributed by atoms with Crippen molar-refractivity contribution in [2.45, 2.75) is 13.8 Å². The van der Waals surface area contributed by atoms with Gasteiger partial charge < -0.3 is 14.6 Å². The van der Waals surface area contributed by atoms with E-state index in [1.165, 1.54) is 0 Å². The zero-order valence-corrected chi connectivity index (χ0v) is 12.8. The Balaban J connectivity index is 1.76. The molecule has 3 rings (SSSR count). The Morgan fingerprint density at radius 2 is 1.96 bits per heavy atom. The number of rotatable bonds is 3. The predicted molar refractivity (Wildman–Crippen MR) is 85.1 cm³/mol. The molecule has 0 radical (unpaired) electrons. The van der Waals surface area contributed by atoms with Crippen LogP contribution >= 0.6 is 0 Å². The SMILES string of the molecule is C/C(=N\NC(=O)c1ccc2c(c1)OCO2)c1cc(C)ccc1O. The summed E-state index contributed by atoms with van der Waals surface area (Å²) >= 11 is 0. The van der Waals surface area contributed by atoms with Crippen LogP contribution in [0.1, 0.15) is 28.4 Å². The van der Waals surface area contributed by atoms with Crippen LogP contribution in [0.3, 0.4) is 0 Å². The quantitative estimate of drug-likeness (QED) is 0.674. The Labute approximate surface area is 133 Å². The van der Waals surface area contributed by atoms with E-state index < -0.39 is 0 Å². The van der Waals surface area contributed by atoms with E-state index in [0.29, 0.717) is 28.3 Å². The Morgan fingerprint density at radius 3 is 2.78 bits per heavy atom. The molecule has 6 heteroatoms. The maximum atomic E-state index is 12.2. The Bertz CT molecular complexity index is 799. The number of ether oxygens (including phenoxy) is 2. The molecule has 0 aliphatic carbocycles. The Kier molecular flexibility index (Phi) is 3.89. The molecular formula is C17H16N2O4. The van der Waals surface area contributed by atoms with Crippen molar-refractivity contribution in [1.29, 1.82) is 0 Å². The average Bonchev–Trinajstić information content (AvgIpc) is 3.02. The van der Waals surface area contributed by atoms with Crippen molar-refractivity contribution >= 4 is 11.6 Å². The van der Waals surface area contributed by atoms with E-state index in [9.17, 15) is 9.90 Å². The van der Waals surface area contributed by atoms with Crippen molar-refractivity contribution in [1.82, 2.24) is 5.43 Å². The highest BCUT2D eigenvalue weighted by Crippen LogP contribution is 2.32. The topological polar surface area (TPSA) is 80.2 Å². The van der Waals surface area contributed by atoms with Crippen LogP contribution in [-0.4, -0.2) is 23.5 Å². The van der Waals surface area contributed by atoms with Crippen LogP contribution in [0.15, 0.2) is 41.5 Å². The summed E-state index contributed by atoms with van der Waals surface area (Å²) in [6.07, 6.45) is 0. The van der Waals surface area contributed by atoms with Gasteiger partial charge in [-0.25, -0.2) is 5.43 Å². The molecule has 6 nitrogen and oxygen atoms in total. The maximum absolute atomic E-state index is 12.2. The number of hydrogen-bond acceptors (Lipinski definition) is 5. The van der Waals surface area contributed by atoms with E-state index in [-0.39, 0.29) is 18.4 Å². The van der Waals surface area contributed by atoms with E-state index in [1.54, 1.807) is 43.3 Å². The third kappa shape index (κ3) is 3.11. The highest BCUT2D eigenvalue weighted by molar-refractivity contribution is 6.02. The van der Waals surface area contributed by atoms with Crippen molar-refractivity contribution in [2.24, 2.45) is 5.10 Å². The molecule has 1 aliphatic heterocycles. The minimum absolute atomic E-state index is 0.120. The molecular weight excluding hydrogens is 296 g/mol. The number of nitrogens with one attached hydrogen (secondary N) is 1. The summed E-state index contributed by atoms with van der Waals surface area (Å²) in [5.74, 6) is 0.907. The lowest BCUT2D eigenvalue weighted by Crippen LogP contribution is -2.19. The van der Waals surface area contributed by atoms with Crippen LogP contribution < -0.4 is 14.9 Å². The summed E-state index contributed by atoms with van der Waals surface area (Å²) in [6.45, 7) is 3.79. The minimum Gasteiger partial charge on any atom is -0.507 e. The first kappa shape index (κ1) is 14.9. The number of phenols is 1. The second-order valence-corrected chi connectivity index (χ2v) is 5.23. The fraction of sp³-hybridized carbons (Fsp3) is 0.176. The van der Waals surface area contributed by atoms with Crippen LogP contribution in [0.4, 0.5) is 0 Å². The van der Waals surface area contributed by atoms with Gasteiger partial charge in [0.05, 0.1) is 5.71 Å². The smallest absolute Gasteiger partial charge is 0.271 e. The number of carbonyl (C=O) groups excluding carboxylic acids is 1. The normalized spacial score (nSPS) is 13.0. The fourth-order valence-electron chi connectivity index (χ4n) is 2.24. The molecule has 118 valence electrons. The molecule has 23 heavy (non-hydrogen) atoms. The van der Waals surface area contributed by atoms with Gasteiger partial charge in [0.25, 0.3) is 5.91 Å². The van der Waals surface area contributed by atoms with Gasteiger partial charge in [0.15, 0.2) is 11.5 Å². The third-order valence-electron chi connectivity index (χ3n) is 3.50. The summed E-state index contributed by atoms with van der Waals surface area (Å²) < 4.78 is 10.4. The number of benzene rings is 2. The van der Waals surface area contributed by atoms with Crippen LogP contribution in [-0.2, 0) is 0 Å². The van der Waals surface area contributed by atoms with E-state index >= 15 is 0 Å². The highest BCUT2D eigenvalue weighted by atomic mass is 16.7. The molecule has 0 atom stereocenters. The number of phenolic OH excluding ortho intramolecular Hbond substituents is 1. The molecule has 1 amide bonds. The van der Waals surface area contributed by atoms with Gasteiger partial charge in [-0.05, 0) is 44.2 Å². The number of hydrogen-bond donors (Lipinski definition) is 2. The summed E-state index contributed by atoms with van der Waals surface area (Å²) in [6, 6.07) is 10.1. The molecule has 0 spiro atoms. The number of fused-ring (bicyclic) bond motifs is 1. The minimum atomic E-state index is -0.366. The van der Waals surface area contributed by atoms with Gasteiger partial charge in [-0.2, -0.15) is 5.10 Å². The molecule has 2 N–H and O–H groups in total. The van der Waals surface area contributed by atoms with Gasteiger partial charge in [-0.1, -0.05) is 11.6 Å². The summed E-state index contributed by atoms with van der Waals surface area (Å²) in [7, 11) is 0. The molecule has 0 unspecified atom stereocenters. The van der Waals surface area contributed by atoms with Gasteiger partial charge >= 0.3 is 0 Å². The van der Waals surface area contributed by atoms with E-state index in [1.807, 2.05) is 6.92 Å². The number of nitrogens with zero attached hydrogens (tertiary/aromatic N) is 1. The number of aryl methyl sites for hydroxylation is 1. The fourth-order valence-corrected chi connectivity index (χ4v) is 2.24. The first-order valence-corrected chi connectivity index (χ1v) is 7.09. The van der Waals surface area contributed by atoms with Gasteiger partial charge in [0.1, 0.15) is 5.75 Å². The maximum Gasteiger partial charge on any atom is 0.271 e. The van der Waals surface area contributed by atoms with Crippen molar-refractivity contribution in [3.8, 4) is 17.2 Å². The van der Waals surface area contributed by atoms with Crippen LogP contribution in [0.25, 0.3) is 0 Å². The zero-order valence-electron chi connectivity index (χ0n) is 12.8. The highest BCUT2D eigenvalue weighted by Gasteiger charge is 2.16. The van der Waals surface area contributed by atoms with Crippen molar-refractivity contribution in [3.63, 3.8) is 0 Å². The van der Waals surface area contributed by atoms with E-state index in [4.69, 9.17) is 9.47 Å². The molecule has 2 aromatic rings. The predicted octanol–water partition coefficient (Wildman–Crippen LogP) is 2.58. The Hall–Kier alpha value is -3.02. The first-order chi connectivity index (χ1) is 11.0. The van der Waals surface area contributed by atoms with Crippen molar-refractivity contribution in [3.05, 3.63) is 53.1 Å². The molecule has 0 aromatic heterocycles. The summed E-state index contributed by atoms with van der Waals surface area (Å²) in [4.78, 5) is 12.2. The molecule has 1 heterocycles. The average molecular weight is 312 g/mol. The van der Waals surface area contributed by atoms with Gasteiger partial charge in [-0.15, -0.1) is 0 Å². The summed E-state index contributed by atoms with van der Waals surface area (Å²) in [5.41, 5.74) is 4.98. The molecule has 0 bridgehead atoms. The van der Waals surface area contributed by atoms with Gasteiger partial charge in [0, 0.05) is 11.1 Å². The summed E-state index contributed by atoms with van der Waals surface area (Å²) in [5, 5.41) is 13.9. The van der Waals surface area contributed by atoms with Crippen molar-refractivity contribution in [2.75, 3.05) is 6.79 Å². The Morgan fingerprint density at radius 1 is 1.17 bits per heavy atom. The van der Waals surface area contributed by atoms with Crippen molar-refractivity contribution < 1.29 is 19.4 Å². The van der Waals surface area contributed by atoms with Gasteiger partial charge in [0.2, 0.25) is 6.79 Å². The molecule has 0 fully saturated rings. The molecule has 0 saturated carbocycles. The standard InChI is InChI=1S/C17H16N2O4/c1-10-3-5-14(20)13(7-10)11(2)18-19-17(21)12-4-6-15-16(8-12)23-9-22-15/h3-8,20H,9H2,1-2H3,(H,19,21)/b18-11+. The second kappa shape index (κ2) is 6.00. The third-order valence-corrected chi connectivity index (χ3v) is 3.50. The van der Waals surface area contributed by atoms with E-state index in [2.05, 4.69) is 10.5 Å². The van der Waals surface area contributed by atoms with Crippen LogP contribution in [0.5, 0.6) is 17.2 Å². The van der Waals surface area contributed by atoms with Crippen LogP contribution in [0, 0.1) is 6.92 Å². The molecule has 0 saturated heterocycles. The number of aromatic hydroxyl groups is 1.